The summed E-state index contributed by atoms with van der Waals surface area (Å²) in [6.07, 6.45) is 0. The van der Waals surface area contributed by atoms with Gasteiger partial charge in [0.05, 0.1) is 0 Å². The zero-order valence-corrected chi connectivity index (χ0v) is 18.5. The number of hydrogen-bond donors (Lipinski definition) is 0. The molecule has 0 atom stereocenters. The van der Waals surface area contributed by atoms with Crippen LogP contribution in [-0.4, -0.2) is 26.7 Å². The minimum absolute atomic E-state index is 0. The van der Waals surface area contributed by atoms with Crippen LogP contribution in [-0.2, 0) is 21.1 Å². The average Bonchev–Trinajstić information content (AvgIpc) is 2.41. The van der Waals surface area contributed by atoms with E-state index in [2.05, 4.69) is 87.3 Å². The molecule has 0 aliphatic carbocycles. The molecule has 0 nitrogen and oxygen atoms in total. The standard InChI is InChI=1S/2C8H11P.2ClH.Pt/c2*1-9(2)8-6-4-3-5-7-8;;;/h2*3-7H,1-2H3;2*1H;. The van der Waals surface area contributed by atoms with E-state index in [4.69, 9.17) is 0 Å². The fourth-order valence-electron chi connectivity index (χ4n) is 1.45. The largest absolute Gasteiger partial charge is 0.147 e. The van der Waals surface area contributed by atoms with Crippen molar-refractivity contribution in [3.63, 3.8) is 0 Å². The van der Waals surface area contributed by atoms with Crippen molar-refractivity contribution in [3.05, 3.63) is 60.7 Å². The first-order chi connectivity index (χ1) is 8.61. The number of benzene rings is 2. The van der Waals surface area contributed by atoms with Crippen molar-refractivity contribution < 1.29 is 21.1 Å². The van der Waals surface area contributed by atoms with E-state index < -0.39 is 0 Å². The Morgan fingerprint density at radius 2 is 0.762 bits per heavy atom. The molecule has 0 N–H and O–H groups in total. The van der Waals surface area contributed by atoms with Crippen molar-refractivity contribution in [2.45, 2.75) is 0 Å². The van der Waals surface area contributed by atoms with Crippen LogP contribution >= 0.6 is 40.7 Å². The Bertz CT molecular complexity index is 393. The van der Waals surface area contributed by atoms with Crippen molar-refractivity contribution in [1.29, 1.82) is 0 Å². The summed E-state index contributed by atoms with van der Waals surface area (Å²) in [5.41, 5.74) is 0. The Hall–Kier alpha value is 0.568. The Balaban J connectivity index is -0.000000270. The van der Waals surface area contributed by atoms with Crippen LogP contribution in [0, 0.1) is 0 Å². The molecule has 0 fully saturated rings. The van der Waals surface area contributed by atoms with Gasteiger partial charge in [0.1, 0.15) is 0 Å². The van der Waals surface area contributed by atoms with E-state index in [9.17, 15) is 0 Å². The summed E-state index contributed by atoms with van der Waals surface area (Å²) in [4.78, 5) is 0. The van der Waals surface area contributed by atoms with Gasteiger partial charge in [-0.3, -0.25) is 0 Å². The van der Waals surface area contributed by atoms with Crippen LogP contribution in [0.4, 0.5) is 0 Å². The third kappa shape index (κ3) is 11.7. The molecule has 0 heterocycles. The average molecular weight is 544 g/mol. The van der Waals surface area contributed by atoms with Gasteiger partial charge in [-0.1, -0.05) is 76.5 Å². The molecule has 2 aromatic carbocycles. The van der Waals surface area contributed by atoms with Gasteiger partial charge in [-0.2, -0.15) is 0 Å². The van der Waals surface area contributed by atoms with Crippen LogP contribution in [0.2, 0.25) is 0 Å². The number of hydrogen-bond acceptors (Lipinski definition) is 0. The second kappa shape index (κ2) is 15.5. The smallest absolute Gasteiger partial charge is 0 e. The second-order valence-corrected chi connectivity index (χ2v) is 9.07. The fourth-order valence-corrected chi connectivity index (χ4v) is 2.99. The molecule has 0 saturated heterocycles. The normalized spacial score (nSPS) is 8.67. The third-order valence-electron chi connectivity index (χ3n) is 2.55. The number of halogens is 2. The van der Waals surface area contributed by atoms with Crippen LogP contribution in [0.15, 0.2) is 60.7 Å². The first-order valence-electron chi connectivity index (χ1n) is 6.06. The van der Waals surface area contributed by atoms with E-state index in [1.54, 1.807) is 0 Å². The van der Waals surface area contributed by atoms with Gasteiger partial charge in [0.2, 0.25) is 0 Å². The molecule has 21 heavy (non-hydrogen) atoms. The van der Waals surface area contributed by atoms with Crippen molar-refractivity contribution >= 4 is 51.3 Å². The van der Waals surface area contributed by atoms with Crippen LogP contribution in [0.3, 0.4) is 0 Å². The Labute approximate surface area is 159 Å². The maximum Gasteiger partial charge on any atom is 0 e. The SMILES string of the molecule is CP(C)c1ccccc1.CP(C)c1ccccc1.Cl.Cl.[Pt]. The molecule has 0 radical (unpaired) electrons. The van der Waals surface area contributed by atoms with Gasteiger partial charge in [0, 0.05) is 21.1 Å². The maximum atomic E-state index is 2.27. The predicted octanol–water partition coefficient (Wildman–Crippen LogP) is 4.95. The van der Waals surface area contributed by atoms with Gasteiger partial charge in [-0.25, -0.2) is 0 Å². The third-order valence-corrected chi connectivity index (χ3v) is 5.21. The van der Waals surface area contributed by atoms with Gasteiger partial charge in [0.15, 0.2) is 0 Å². The molecule has 122 valence electrons. The van der Waals surface area contributed by atoms with Gasteiger partial charge >= 0.3 is 0 Å². The molecule has 2 rings (SSSR count). The topological polar surface area (TPSA) is 0 Å². The molecule has 0 saturated carbocycles. The molecule has 5 heteroatoms. The zero-order chi connectivity index (χ0) is 13.4. The van der Waals surface area contributed by atoms with Crippen LogP contribution in [0.5, 0.6) is 0 Å². The molecule has 0 aliphatic heterocycles. The summed E-state index contributed by atoms with van der Waals surface area (Å²) in [7, 11) is 0.209. The Kier molecular flexibility index (Phi) is 19.5. The molecule has 0 aliphatic rings. The first kappa shape index (κ1) is 26.5. The fraction of sp³-hybridized carbons (Fsp3) is 0.250. The van der Waals surface area contributed by atoms with Crippen molar-refractivity contribution in [2.75, 3.05) is 26.7 Å². The van der Waals surface area contributed by atoms with E-state index in [0.717, 1.165) is 0 Å². The van der Waals surface area contributed by atoms with Gasteiger partial charge in [-0.05, 0) is 37.3 Å². The molecule has 0 unspecified atom stereocenters. The molecule has 2 aromatic rings. The van der Waals surface area contributed by atoms with E-state index in [-0.39, 0.29) is 61.7 Å². The second-order valence-electron chi connectivity index (χ2n) is 4.46. The van der Waals surface area contributed by atoms with E-state index >= 15 is 0 Å². The predicted molar refractivity (Wildman–Crippen MR) is 104 cm³/mol. The van der Waals surface area contributed by atoms with E-state index in [0.29, 0.717) is 0 Å². The summed E-state index contributed by atoms with van der Waals surface area (Å²) < 4.78 is 0. The summed E-state index contributed by atoms with van der Waals surface area (Å²) in [6.45, 7) is 9.07. The molecular formula is C16H24Cl2P2Pt. The molecule has 0 spiro atoms. The zero-order valence-electron chi connectivity index (χ0n) is 12.8. The first-order valence-corrected chi connectivity index (χ1v) is 10.5. The van der Waals surface area contributed by atoms with Crippen molar-refractivity contribution in [3.8, 4) is 0 Å². The molecule has 0 amide bonds. The Morgan fingerprint density at radius 3 is 0.905 bits per heavy atom. The Morgan fingerprint density at radius 1 is 0.524 bits per heavy atom. The van der Waals surface area contributed by atoms with E-state index in [1.807, 2.05) is 0 Å². The van der Waals surface area contributed by atoms with Crippen LogP contribution < -0.4 is 10.6 Å². The van der Waals surface area contributed by atoms with Gasteiger partial charge in [-0.15, -0.1) is 24.8 Å². The van der Waals surface area contributed by atoms with Crippen LogP contribution in [0.1, 0.15) is 0 Å². The molecule has 0 bridgehead atoms. The van der Waals surface area contributed by atoms with Crippen LogP contribution in [0.25, 0.3) is 0 Å². The summed E-state index contributed by atoms with van der Waals surface area (Å²) in [5.74, 6) is 0. The maximum absolute atomic E-state index is 2.27. The molecule has 0 aromatic heterocycles. The number of rotatable bonds is 2. The quantitative estimate of drug-likeness (QED) is 0.470. The van der Waals surface area contributed by atoms with Crippen molar-refractivity contribution in [2.24, 2.45) is 0 Å². The summed E-state index contributed by atoms with van der Waals surface area (Å²) >= 11 is 0. The minimum Gasteiger partial charge on any atom is -0.147 e. The summed E-state index contributed by atoms with van der Waals surface area (Å²) in [5, 5.41) is 2.96. The van der Waals surface area contributed by atoms with Gasteiger partial charge in [0.25, 0.3) is 0 Å². The van der Waals surface area contributed by atoms with Crippen molar-refractivity contribution in [1.82, 2.24) is 0 Å². The minimum atomic E-state index is 0. The molecular weight excluding hydrogens is 520 g/mol. The van der Waals surface area contributed by atoms with Gasteiger partial charge < -0.3 is 0 Å². The summed E-state index contributed by atoms with van der Waals surface area (Å²) in [6, 6.07) is 21.2. The monoisotopic (exact) mass is 543 g/mol. The van der Waals surface area contributed by atoms with E-state index in [1.165, 1.54) is 10.6 Å².